The molecule has 0 saturated carbocycles. The lowest BCUT2D eigenvalue weighted by Gasteiger charge is -2.02. The van der Waals surface area contributed by atoms with Crippen LogP contribution < -0.4 is 0 Å². The lowest BCUT2D eigenvalue weighted by molar-refractivity contribution is 0.272. The second kappa shape index (κ2) is 5.22. The molecule has 0 atom stereocenters. The van der Waals surface area contributed by atoms with E-state index in [9.17, 15) is 9.50 Å². The van der Waals surface area contributed by atoms with Crippen LogP contribution in [0.4, 0.5) is 4.39 Å². The second-order valence-electron chi connectivity index (χ2n) is 4.31. The molecule has 0 aliphatic carbocycles. The molecule has 0 aliphatic heterocycles. The lowest BCUT2D eigenvalue weighted by Crippen LogP contribution is -1.85. The normalized spacial score (nSPS) is 10.7. The molecule has 3 aromatic rings. The van der Waals surface area contributed by atoms with Crippen molar-refractivity contribution in [3.8, 4) is 22.5 Å². The van der Waals surface area contributed by atoms with Gasteiger partial charge in [0.2, 0.25) is 0 Å². The summed E-state index contributed by atoms with van der Waals surface area (Å²) in [6, 6.07) is 9.80. The monoisotopic (exact) mass is 269 g/mol. The average Bonchev–Trinajstić information content (AvgIpc) is 2.93. The lowest BCUT2D eigenvalue weighted by atomic mass is 10.1. The van der Waals surface area contributed by atoms with Crippen LogP contribution in [0.2, 0.25) is 0 Å². The first-order chi connectivity index (χ1) is 9.78. The third-order valence-corrected chi connectivity index (χ3v) is 2.99. The second-order valence-corrected chi connectivity index (χ2v) is 4.31. The zero-order valence-electron chi connectivity index (χ0n) is 10.5. The molecule has 20 heavy (non-hydrogen) atoms. The molecule has 2 N–H and O–H groups in total. The molecule has 0 fully saturated rings. The SMILES string of the molecule is OCc1nc(-c2ccc(F)cc2)c(-c2ccncc2)[nH]1. The van der Waals surface area contributed by atoms with Gasteiger partial charge in [0, 0.05) is 23.5 Å². The molecule has 5 heteroatoms. The molecule has 0 bridgehead atoms. The molecule has 0 aliphatic rings. The van der Waals surface area contributed by atoms with Crippen molar-refractivity contribution in [2.75, 3.05) is 0 Å². The standard InChI is InChI=1S/C15H12FN3O/c16-12-3-1-10(2-4-12)14-15(19-13(9-20)18-14)11-5-7-17-8-6-11/h1-8,20H,9H2,(H,18,19). The maximum absolute atomic E-state index is 13.0. The van der Waals surface area contributed by atoms with Gasteiger partial charge in [-0.25, -0.2) is 9.37 Å². The molecule has 2 heterocycles. The first-order valence-electron chi connectivity index (χ1n) is 6.14. The number of hydrogen-bond acceptors (Lipinski definition) is 3. The number of pyridine rings is 1. The number of aromatic nitrogens is 3. The molecule has 2 aromatic heterocycles. The van der Waals surface area contributed by atoms with Crippen molar-refractivity contribution in [3.05, 3.63) is 60.4 Å². The fourth-order valence-electron chi connectivity index (χ4n) is 2.04. The van der Waals surface area contributed by atoms with Gasteiger partial charge in [-0.05, 0) is 36.4 Å². The Bertz CT molecular complexity index is 708. The number of aliphatic hydroxyl groups is 1. The van der Waals surface area contributed by atoms with Crippen LogP contribution in [-0.2, 0) is 6.61 Å². The Labute approximate surface area is 115 Å². The highest BCUT2D eigenvalue weighted by atomic mass is 19.1. The van der Waals surface area contributed by atoms with Gasteiger partial charge in [-0.1, -0.05) is 0 Å². The summed E-state index contributed by atoms with van der Waals surface area (Å²) in [5.41, 5.74) is 3.16. The van der Waals surface area contributed by atoms with Crippen molar-refractivity contribution in [2.45, 2.75) is 6.61 Å². The predicted octanol–water partition coefficient (Wildman–Crippen LogP) is 2.77. The van der Waals surface area contributed by atoms with Crippen molar-refractivity contribution < 1.29 is 9.50 Å². The van der Waals surface area contributed by atoms with Crippen molar-refractivity contribution in [1.29, 1.82) is 0 Å². The van der Waals surface area contributed by atoms with E-state index in [1.54, 1.807) is 24.5 Å². The number of imidazole rings is 1. The Hall–Kier alpha value is -2.53. The zero-order chi connectivity index (χ0) is 13.9. The van der Waals surface area contributed by atoms with E-state index >= 15 is 0 Å². The van der Waals surface area contributed by atoms with Gasteiger partial charge < -0.3 is 10.1 Å². The van der Waals surface area contributed by atoms with Crippen LogP contribution in [0.1, 0.15) is 5.82 Å². The fraction of sp³-hybridized carbons (Fsp3) is 0.0667. The number of nitrogens with one attached hydrogen (secondary N) is 1. The molecule has 4 nitrogen and oxygen atoms in total. The summed E-state index contributed by atoms with van der Waals surface area (Å²) < 4.78 is 13.0. The van der Waals surface area contributed by atoms with Gasteiger partial charge in [0.1, 0.15) is 18.2 Å². The number of aliphatic hydroxyl groups excluding tert-OH is 1. The van der Waals surface area contributed by atoms with Crippen LogP contribution in [0.5, 0.6) is 0 Å². The molecule has 0 spiro atoms. The van der Waals surface area contributed by atoms with E-state index in [2.05, 4.69) is 15.0 Å². The van der Waals surface area contributed by atoms with E-state index in [1.165, 1.54) is 12.1 Å². The van der Waals surface area contributed by atoms with E-state index in [0.29, 0.717) is 11.5 Å². The van der Waals surface area contributed by atoms with Gasteiger partial charge in [-0.15, -0.1) is 0 Å². The number of nitrogens with zero attached hydrogens (tertiary/aromatic N) is 2. The summed E-state index contributed by atoms with van der Waals surface area (Å²) in [6.45, 7) is -0.181. The molecular formula is C15H12FN3O. The highest BCUT2D eigenvalue weighted by molar-refractivity contribution is 5.78. The first-order valence-corrected chi connectivity index (χ1v) is 6.14. The maximum atomic E-state index is 13.0. The largest absolute Gasteiger partial charge is 0.388 e. The van der Waals surface area contributed by atoms with Crippen LogP contribution in [0.15, 0.2) is 48.8 Å². The summed E-state index contributed by atoms with van der Waals surface area (Å²) in [5, 5.41) is 9.25. The highest BCUT2D eigenvalue weighted by Crippen LogP contribution is 2.29. The van der Waals surface area contributed by atoms with E-state index in [4.69, 9.17) is 0 Å². The summed E-state index contributed by atoms with van der Waals surface area (Å²) in [5.74, 6) is 0.174. The van der Waals surface area contributed by atoms with E-state index < -0.39 is 0 Å². The number of rotatable bonds is 3. The number of aromatic amines is 1. The Balaban J connectivity index is 2.15. The molecule has 1 aromatic carbocycles. The fourth-order valence-corrected chi connectivity index (χ4v) is 2.04. The van der Waals surface area contributed by atoms with Crippen LogP contribution >= 0.6 is 0 Å². The molecular weight excluding hydrogens is 257 g/mol. The highest BCUT2D eigenvalue weighted by Gasteiger charge is 2.13. The van der Waals surface area contributed by atoms with Gasteiger partial charge in [0.15, 0.2) is 0 Å². The smallest absolute Gasteiger partial charge is 0.133 e. The van der Waals surface area contributed by atoms with E-state index in [-0.39, 0.29) is 12.4 Å². The van der Waals surface area contributed by atoms with Crippen LogP contribution in [0.3, 0.4) is 0 Å². The number of benzene rings is 1. The minimum atomic E-state index is -0.294. The Morgan fingerprint density at radius 2 is 1.70 bits per heavy atom. The van der Waals surface area contributed by atoms with Crippen LogP contribution in [0, 0.1) is 5.82 Å². The molecule has 100 valence electrons. The van der Waals surface area contributed by atoms with Crippen molar-refractivity contribution in [1.82, 2.24) is 15.0 Å². The molecule has 0 radical (unpaired) electrons. The van der Waals surface area contributed by atoms with Gasteiger partial charge in [0.25, 0.3) is 0 Å². The predicted molar refractivity (Wildman–Crippen MR) is 73.1 cm³/mol. The van der Waals surface area contributed by atoms with Gasteiger partial charge in [-0.3, -0.25) is 4.98 Å². The third kappa shape index (κ3) is 2.31. The van der Waals surface area contributed by atoms with E-state index in [0.717, 1.165) is 16.8 Å². The number of hydrogen-bond donors (Lipinski definition) is 2. The Morgan fingerprint density at radius 3 is 2.35 bits per heavy atom. The Morgan fingerprint density at radius 1 is 1.00 bits per heavy atom. The van der Waals surface area contributed by atoms with Crippen LogP contribution in [-0.4, -0.2) is 20.1 Å². The summed E-state index contributed by atoms with van der Waals surface area (Å²) >= 11 is 0. The van der Waals surface area contributed by atoms with Gasteiger partial charge in [0.05, 0.1) is 11.4 Å². The van der Waals surface area contributed by atoms with Crippen molar-refractivity contribution in [3.63, 3.8) is 0 Å². The zero-order valence-corrected chi connectivity index (χ0v) is 10.5. The summed E-state index contributed by atoms with van der Waals surface area (Å²) in [7, 11) is 0. The minimum absolute atomic E-state index is 0.181. The van der Waals surface area contributed by atoms with Crippen LogP contribution in [0.25, 0.3) is 22.5 Å². The van der Waals surface area contributed by atoms with E-state index in [1.807, 2.05) is 12.1 Å². The van der Waals surface area contributed by atoms with Crippen molar-refractivity contribution in [2.24, 2.45) is 0 Å². The van der Waals surface area contributed by atoms with Crippen molar-refractivity contribution >= 4 is 0 Å². The minimum Gasteiger partial charge on any atom is -0.388 e. The molecule has 0 amide bonds. The van der Waals surface area contributed by atoms with Gasteiger partial charge in [-0.2, -0.15) is 0 Å². The third-order valence-electron chi connectivity index (χ3n) is 2.99. The summed E-state index contributed by atoms with van der Waals surface area (Å²) in [6.07, 6.45) is 3.37. The number of halogens is 1. The molecule has 0 unspecified atom stereocenters. The topological polar surface area (TPSA) is 61.8 Å². The van der Waals surface area contributed by atoms with Gasteiger partial charge >= 0.3 is 0 Å². The molecule has 0 saturated heterocycles. The average molecular weight is 269 g/mol. The quantitative estimate of drug-likeness (QED) is 0.768. The Kier molecular flexibility index (Phi) is 3.26. The number of H-pyrrole nitrogens is 1. The first kappa shape index (κ1) is 12.5. The maximum Gasteiger partial charge on any atom is 0.133 e. The summed E-state index contributed by atoms with van der Waals surface area (Å²) in [4.78, 5) is 11.4. The molecule has 3 rings (SSSR count).